The number of anilines is 4. The smallest absolute Gasteiger partial charge is 0.261 e. The number of nitrogens with one attached hydrogen (secondary N) is 4. The molecule has 0 radical (unpaired) electrons. The number of hydrogen-bond acceptors (Lipinski definition) is 10. The lowest BCUT2D eigenvalue weighted by atomic mass is 10.2. The van der Waals surface area contributed by atoms with E-state index in [1.54, 1.807) is 60.9 Å². The summed E-state index contributed by atoms with van der Waals surface area (Å²) >= 11 is 0. The first kappa shape index (κ1) is 34.7. The van der Waals surface area contributed by atoms with E-state index in [2.05, 4.69) is 30.0 Å². The molecule has 0 aliphatic heterocycles. The van der Waals surface area contributed by atoms with Crippen molar-refractivity contribution in [1.29, 1.82) is 0 Å². The van der Waals surface area contributed by atoms with Crippen LogP contribution in [0, 0.1) is 0 Å². The minimum absolute atomic E-state index is 0.0302. The highest BCUT2D eigenvalue weighted by Crippen LogP contribution is 2.44. The van der Waals surface area contributed by atoms with Crippen molar-refractivity contribution in [3.8, 4) is 0 Å². The molecular formula is C34H28N6O6S4. The zero-order valence-corrected chi connectivity index (χ0v) is 29.6. The van der Waals surface area contributed by atoms with Gasteiger partial charge in [0.15, 0.2) is 0 Å². The number of rotatable bonds is 11. The summed E-state index contributed by atoms with van der Waals surface area (Å²) in [6, 6.07) is 25.6. The van der Waals surface area contributed by atoms with E-state index >= 15 is 0 Å². The molecular weight excluding hydrogens is 717 g/mol. The molecule has 12 nitrogen and oxygen atoms in total. The van der Waals surface area contributed by atoms with Gasteiger partial charge in [-0.05, 0) is 97.1 Å². The zero-order chi connectivity index (χ0) is 35.5. The number of amides is 2. The highest BCUT2D eigenvalue weighted by molar-refractivity contribution is 8.76. The van der Waals surface area contributed by atoms with Gasteiger partial charge in [0.25, 0.3) is 20.0 Å². The highest BCUT2D eigenvalue weighted by Gasteiger charge is 2.20. The Morgan fingerprint density at radius 3 is 1.28 bits per heavy atom. The van der Waals surface area contributed by atoms with Crippen molar-refractivity contribution in [2.24, 2.45) is 0 Å². The van der Waals surface area contributed by atoms with Crippen LogP contribution in [0.2, 0.25) is 0 Å². The Morgan fingerprint density at radius 2 is 0.920 bits per heavy atom. The molecule has 0 spiro atoms. The van der Waals surface area contributed by atoms with Gasteiger partial charge in [-0.25, -0.2) is 16.8 Å². The topological polar surface area (TPSA) is 176 Å². The fraction of sp³-hybridized carbons (Fsp3) is 0.0588. The quantitative estimate of drug-likeness (QED) is 0.100. The maximum Gasteiger partial charge on any atom is 0.261 e. The van der Waals surface area contributed by atoms with Crippen LogP contribution in [0.3, 0.4) is 0 Å². The molecule has 6 aromatic rings. The van der Waals surface area contributed by atoms with Gasteiger partial charge in [0.1, 0.15) is 0 Å². The summed E-state index contributed by atoms with van der Waals surface area (Å²) in [7, 11) is -5.11. The highest BCUT2D eigenvalue weighted by atomic mass is 33.1. The van der Waals surface area contributed by atoms with E-state index in [4.69, 9.17) is 0 Å². The molecule has 0 bridgehead atoms. The van der Waals surface area contributed by atoms with Gasteiger partial charge in [0, 0.05) is 58.2 Å². The molecule has 4 N–H and O–H groups in total. The number of carbonyl (C=O) groups is 2. The van der Waals surface area contributed by atoms with Crippen molar-refractivity contribution in [2.75, 3.05) is 20.1 Å². The summed E-state index contributed by atoms with van der Waals surface area (Å²) in [5, 5.41) is 6.41. The lowest BCUT2D eigenvalue weighted by molar-refractivity contribution is -0.115. The third kappa shape index (κ3) is 7.83. The summed E-state index contributed by atoms with van der Waals surface area (Å²) in [6.45, 7) is 2.74. The van der Waals surface area contributed by atoms with Crippen molar-refractivity contribution in [3.63, 3.8) is 0 Å². The van der Waals surface area contributed by atoms with Crippen LogP contribution in [0.4, 0.5) is 22.7 Å². The van der Waals surface area contributed by atoms with Gasteiger partial charge >= 0.3 is 0 Å². The molecule has 16 heteroatoms. The lowest BCUT2D eigenvalue weighted by Gasteiger charge is -2.14. The number of fused-ring (bicyclic) bond motifs is 2. The molecule has 0 aliphatic carbocycles. The summed E-state index contributed by atoms with van der Waals surface area (Å²) in [5.41, 5.74) is 2.82. The first-order valence-corrected chi connectivity index (χ1v) is 19.9. The van der Waals surface area contributed by atoms with Crippen LogP contribution < -0.4 is 20.1 Å². The predicted molar refractivity (Wildman–Crippen MR) is 198 cm³/mol. The Hall–Kier alpha value is -5.16. The molecule has 2 aromatic heterocycles. The number of carbonyl (C=O) groups excluding carboxylic acids is 2. The number of pyridine rings is 2. The van der Waals surface area contributed by atoms with Crippen molar-refractivity contribution >= 4 is 98.0 Å². The molecule has 0 saturated heterocycles. The minimum Gasteiger partial charge on any atom is -0.326 e. The number of nitrogens with zero attached hydrogens (tertiary/aromatic N) is 2. The average Bonchev–Trinajstić information content (AvgIpc) is 3.08. The lowest BCUT2D eigenvalue weighted by Crippen LogP contribution is -2.13. The van der Waals surface area contributed by atoms with Crippen LogP contribution in [0.15, 0.2) is 129 Å². The van der Waals surface area contributed by atoms with Crippen LogP contribution in [0.5, 0.6) is 0 Å². The zero-order valence-electron chi connectivity index (χ0n) is 26.4. The summed E-state index contributed by atoms with van der Waals surface area (Å²) in [6.07, 6.45) is 3.25. The summed E-state index contributed by atoms with van der Waals surface area (Å²) in [4.78, 5) is 33.3. The maximum atomic E-state index is 13.3. The standard InChI is InChI=1S/C34H28N6O6S4/c1-21(41)37-23-7-11-25(12-8-23)49(43,44)39-29-15-17-31(33-27(29)5-3-19-35-33)47-48-32-18-16-30(28-6-4-20-36-34(28)32)40-50(45,46)26-13-9-24(10-14-26)38-22(2)42/h3-20,39-40H,1-2H3,(H,37,41)(H,38,42). The van der Waals surface area contributed by atoms with E-state index in [0.717, 1.165) is 9.79 Å². The van der Waals surface area contributed by atoms with Crippen LogP contribution in [0.1, 0.15) is 13.8 Å². The van der Waals surface area contributed by atoms with Crippen LogP contribution in [0.25, 0.3) is 21.8 Å². The maximum absolute atomic E-state index is 13.3. The molecule has 2 amide bonds. The van der Waals surface area contributed by atoms with Crippen LogP contribution in [-0.2, 0) is 29.6 Å². The Kier molecular flexibility index (Phi) is 9.97. The number of sulfonamides is 2. The Bertz CT molecular complexity index is 2300. The van der Waals surface area contributed by atoms with E-state index in [1.165, 1.54) is 84.0 Å². The Balaban J connectivity index is 1.22. The largest absolute Gasteiger partial charge is 0.326 e. The molecule has 0 unspecified atom stereocenters. The predicted octanol–water partition coefficient (Wildman–Crippen LogP) is 7.10. The number of hydrogen-bond donors (Lipinski definition) is 4. The van der Waals surface area contributed by atoms with Gasteiger partial charge in [0.2, 0.25) is 11.8 Å². The molecule has 254 valence electrons. The molecule has 4 aromatic carbocycles. The molecule has 0 atom stereocenters. The molecule has 2 heterocycles. The van der Waals surface area contributed by atoms with Crippen LogP contribution in [-0.4, -0.2) is 38.6 Å². The first-order valence-electron chi connectivity index (χ1n) is 14.8. The van der Waals surface area contributed by atoms with Crippen molar-refractivity contribution in [3.05, 3.63) is 109 Å². The summed E-state index contributed by atoms with van der Waals surface area (Å²) < 4.78 is 58.3. The SMILES string of the molecule is CC(=O)Nc1ccc(S(=O)(=O)Nc2ccc(SSc3ccc(NS(=O)(=O)c4ccc(NC(C)=O)cc4)c4cccnc34)c3ncccc23)cc1. The van der Waals surface area contributed by atoms with Crippen molar-refractivity contribution in [2.45, 2.75) is 33.4 Å². The van der Waals surface area contributed by atoms with Crippen LogP contribution >= 0.6 is 21.6 Å². The molecule has 0 fully saturated rings. The second-order valence-corrected chi connectivity index (χ2v) is 16.4. The van der Waals surface area contributed by atoms with E-state index < -0.39 is 20.0 Å². The van der Waals surface area contributed by atoms with Gasteiger partial charge in [-0.3, -0.25) is 29.0 Å². The summed E-state index contributed by atoms with van der Waals surface area (Å²) in [5.74, 6) is -0.523. The third-order valence-electron chi connectivity index (χ3n) is 7.15. The second-order valence-electron chi connectivity index (χ2n) is 10.8. The number of aromatic nitrogens is 2. The van der Waals surface area contributed by atoms with E-state index in [0.29, 0.717) is 44.6 Å². The molecule has 0 saturated carbocycles. The number of benzene rings is 4. The van der Waals surface area contributed by atoms with Gasteiger partial charge in [-0.1, -0.05) is 21.6 Å². The van der Waals surface area contributed by atoms with Gasteiger partial charge in [0.05, 0.1) is 32.2 Å². The Labute approximate surface area is 296 Å². The molecule has 0 aliphatic rings. The van der Waals surface area contributed by atoms with E-state index in [1.807, 2.05) is 0 Å². The van der Waals surface area contributed by atoms with Gasteiger partial charge < -0.3 is 10.6 Å². The van der Waals surface area contributed by atoms with E-state index in [9.17, 15) is 26.4 Å². The van der Waals surface area contributed by atoms with Crippen molar-refractivity contribution < 1.29 is 26.4 Å². The normalized spacial score (nSPS) is 11.6. The monoisotopic (exact) mass is 744 g/mol. The Morgan fingerprint density at radius 1 is 0.540 bits per heavy atom. The van der Waals surface area contributed by atoms with Crippen molar-refractivity contribution in [1.82, 2.24) is 9.97 Å². The average molecular weight is 745 g/mol. The van der Waals surface area contributed by atoms with E-state index in [-0.39, 0.29) is 21.6 Å². The van der Waals surface area contributed by atoms with Gasteiger partial charge in [-0.2, -0.15) is 0 Å². The first-order chi connectivity index (χ1) is 23.9. The second kappa shape index (κ2) is 14.4. The minimum atomic E-state index is -3.96. The van der Waals surface area contributed by atoms with Gasteiger partial charge in [-0.15, -0.1) is 0 Å². The fourth-order valence-electron chi connectivity index (χ4n) is 4.94. The third-order valence-corrected chi connectivity index (χ3v) is 12.3. The molecule has 6 rings (SSSR count). The fourth-order valence-corrected chi connectivity index (χ4v) is 9.36. The molecule has 50 heavy (non-hydrogen) atoms.